The van der Waals surface area contributed by atoms with Crippen LogP contribution in [0.25, 0.3) is 14.9 Å². The van der Waals surface area contributed by atoms with Crippen LogP contribution in [0.15, 0.2) is 54.1 Å². The Morgan fingerprint density at radius 3 is 2.33 bits per heavy atom. The molecule has 155 valence electrons. The molecule has 0 fully saturated rings. The summed E-state index contributed by atoms with van der Waals surface area (Å²) >= 11 is 1.49. The third-order valence-electron chi connectivity index (χ3n) is 5.48. The molecule has 0 bridgehead atoms. The van der Waals surface area contributed by atoms with Crippen LogP contribution in [0.3, 0.4) is 0 Å². The summed E-state index contributed by atoms with van der Waals surface area (Å²) in [4.78, 5) is 0. The number of rotatable bonds is 5. The van der Waals surface area contributed by atoms with Gasteiger partial charge in [0.2, 0.25) is 0 Å². The largest absolute Gasteiger partial charge is 1.00 e. The van der Waals surface area contributed by atoms with Crippen molar-refractivity contribution in [2.24, 2.45) is 0 Å². The first-order chi connectivity index (χ1) is 13.4. The third-order valence-corrected chi connectivity index (χ3v) is 7.82. The Morgan fingerprint density at radius 1 is 0.967 bits per heavy atom. The minimum Gasteiger partial charge on any atom is -1.00 e. The van der Waals surface area contributed by atoms with E-state index in [4.69, 9.17) is 4.43 Å². The Hall–Kier alpha value is -0.700. The fourth-order valence-corrected chi connectivity index (χ4v) is 6.05. The second-order valence-corrected chi connectivity index (χ2v) is 14.3. The summed E-state index contributed by atoms with van der Waals surface area (Å²) < 4.78 is 7.57. The maximum atomic E-state index is 6.07. The van der Waals surface area contributed by atoms with Crippen molar-refractivity contribution in [1.82, 2.24) is 0 Å². The quantitative estimate of drug-likeness (QED) is 0.437. The zero-order valence-electron chi connectivity index (χ0n) is 18.0. The molecule has 1 nitrogen and oxygen atoms in total. The molecule has 0 radical (unpaired) electrons. The van der Waals surface area contributed by atoms with Gasteiger partial charge in [0, 0.05) is 0 Å². The van der Waals surface area contributed by atoms with Gasteiger partial charge in [-0.15, -0.1) is 0 Å². The van der Waals surface area contributed by atoms with E-state index in [0.717, 1.165) is 19.4 Å². The fourth-order valence-electron chi connectivity index (χ4n) is 4.17. The predicted molar refractivity (Wildman–Crippen MR) is 117 cm³/mol. The second-order valence-electron chi connectivity index (χ2n) is 8.53. The Kier molecular flexibility index (Phi) is 8.76. The first-order valence-corrected chi connectivity index (χ1v) is 14.7. The second kappa shape index (κ2) is 10.3. The number of halogens is 2. The van der Waals surface area contributed by atoms with Crippen LogP contribution in [0.5, 0.6) is 0 Å². The van der Waals surface area contributed by atoms with E-state index in [-0.39, 0.29) is 24.8 Å². The third kappa shape index (κ3) is 5.03. The summed E-state index contributed by atoms with van der Waals surface area (Å²) in [6.07, 6.45) is 9.12. The number of benzene rings is 2. The van der Waals surface area contributed by atoms with Crippen LogP contribution in [-0.2, 0) is 29.1 Å². The molecule has 2 aliphatic rings. The van der Waals surface area contributed by atoms with Gasteiger partial charge in [-0.1, -0.05) is 0 Å². The van der Waals surface area contributed by atoms with Gasteiger partial charge >= 0.3 is 185 Å². The van der Waals surface area contributed by atoms with E-state index in [2.05, 4.69) is 81.2 Å². The predicted octanol–water partition coefficient (Wildman–Crippen LogP) is -1.25. The molecule has 0 saturated heterocycles. The molecular formula is C25H27Cl2OSiZr. The summed E-state index contributed by atoms with van der Waals surface area (Å²) in [5.74, 6) is 0. The monoisotopic (exact) mass is 531 g/mol. The summed E-state index contributed by atoms with van der Waals surface area (Å²) in [5, 5.41) is 5.56. The van der Waals surface area contributed by atoms with Crippen LogP contribution >= 0.6 is 0 Å². The van der Waals surface area contributed by atoms with Crippen molar-refractivity contribution in [3.8, 4) is 0 Å². The fraction of sp³-hybridized carbons (Fsp3) is 0.280. The standard InChI is InChI=1S/C25H27OSi.2ClH.Zr/c1-5-19-12-13-23-22-9-7-6-8-20(22)17-24(23)25(19)21-11-10-18(16-21)14-15-26-27(2,3)4;;;/h5-10,12-13,16H,11,14-15H2,1-4H3;2*1H;/q;;;+2/p-2. The average molecular weight is 534 g/mol. The molecule has 5 heteroatoms. The van der Waals surface area contributed by atoms with E-state index in [1.165, 1.54) is 71.1 Å². The van der Waals surface area contributed by atoms with Crippen molar-refractivity contribution in [2.75, 3.05) is 6.61 Å². The van der Waals surface area contributed by atoms with E-state index >= 15 is 0 Å². The van der Waals surface area contributed by atoms with Gasteiger partial charge in [-0.3, -0.25) is 0 Å². The molecule has 0 amide bonds. The van der Waals surface area contributed by atoms with Crippen molar-refractivity contribution < 1.29 is 54.0 Å². The summed E-state index contributed by atoms with van der Waals surface area (Å²) in [7, 11) is -1.44. The van der Waals surface area contributed by atoms with Crippen molar-refractivity contribution >= 4 is 23.2 Å². The summed E-state index contributed by atoms with van der Waals surface area (Å²) in [6, 6.07) is 13.5. The molecule has 2 aromatic rings. The number of fused-ring (bicyclic) bond motifs is 2. The van der Waals surface area contributed by atoms with E-state index in [0.29, 0.717) is 0 Å². The number of allylic oxidation sites excluding steroid dienone is 3. The van der Waals surface area contributed by atoms with Crippen LogP contribution in [0, 0.1) is 10.4 Å². The van der Waals surface area contributed by atoms with Crippen molar-refractivity contribution in [2.45, 2.75) is 39.4 Å². The molecule has 0 atom stereocenters. The topological polar surface area (TPSA) is 9.23 Å². The number of hydrogen-bond donors (Lipinski definition) is 0. The van der Waals surface area contributed by atoms with Crippen LogP contribution < -0.4 is 35.3 Å². The molecule has 0 aliphatic heterocycles. The first-order valence-electron chi connectivity index (χ1n) is 10.1. The minimum absolute atomic E-state index is 0. The van der Waals surface area contributed by atoms with Crippen LogP contribution in [-0.4, -0.2) is 14.9 Å². The van der Waals surface area contributed by atoms with Gasteiger partial charge in [0.15, 0.2) is 0 Å². The van der Waals surface area contributed by atoms with Crippen LogP contribution in [0.2, 0.25) is 19.6 Å². The molecule has 0 aromatic heterocycles. The van der Waals surface area contributed by atoms with Crippen molar-refractivity contribution in [1.29, 1.82) is 0 Å². The van der Waals surface area contributed by atoms with E-state index in [1.807, 2.05) is 0 Å². The Labute approximate surface area is 208 Å². The molecule has 2 aromatic carbocycles. The molecule has 0 saturated carbocycles. The van der Waals surface area contributed by atoms with Gasteiger partial charge in [0.1, 0.15) is 0 Å². The van der Waals surface area contributed by atoms with Gasteiger partial charge in [-0.2, -0.15) is 0 Å². The molecule has 4 rings (SSSR count). The van der Waals surface area contributed by atoms with Gasteiger partial charge in [0.05, 0.1) is 0 Å². The first kappa shape index (κ1) is 25.6. The van der Waals surface area contributed by atoms with Crippen LogP contribution in [0.4, 0.5) is 0 Å². The molecule has 2 aliphatic carbocycles. The van der Waals surface area contributed by atoms with Crippen molar-refractivity contribution in [3.05, 3.63) is 86.1 Å². The van der Waals surface area contributed by atoms with Gasteiger partial charge in [-0.05, 0) is 0 Å². The van der Waals surface area contributed by atoms with E-state index in [9.17, 15) is 0 Å². The molecule has 30 heavy (non-hydrogen) atoms. The maximum Gasteiger partial charge on any atom is -1.00 e. The average Bonchev–Trinajstić information content (AvgIpc) is 3.24. The molecule has 0 unspecified atom stereocenters. The molecular weight excluding hydrogens is 506 g/mol. The minimum atomic E-state index is -1.44. The summed E-state index contributed by atoms with van der Waals surface area (Å²) in [6.45, 7) is 9.76. The Bertz CT molecular complexity index is 1220. The Balaban J connectivity index is 0.00000160. The smallest absolute Gasteiger partial charge is 1.00 e. The Morgan fingerprint density at radius 2 is 1.67 bits per heavy atom. The molecule has 0 spiro atoms. The van der Waals surface area contributed by atoms with Gasteiger partial charge in [0.25, 0.3) is 0 Å². The SMILES string of the molecule is CC=c1ccc2c(c1C1=CC(CCO[Si](C)(C)C)=CC1)[C]([Zr+2])=c1ccccc1=2.[Cl-].[Cl-]. The van der Waals surface area contributed by atoms with E-state index in [1.54, 1.807) is 0 Å². The van der Waals surface area contributed by atoms with Gasteiger partial charge < -0.3 is 24.8 Å². The molecule has 0 N–H and O–H groups in total. The van der Waals surface area contributed by atoms with Crippen molar-refractivity contribution in [3.63, 3.8) is 0 Å². The number of hydrogen-bond acceptors (Lipinski definition) is 1. The molecule has 0 heterocycles. The van der Waals surface area contributed by atoms with E-state index < -0.39 is 8.32 Å². The van der Waals surface area contributed by atoms with Crippen LogP contribution in [0.1, 0.15) is 30.9 Å². The zero-order chi connectivity index (χ0) is 19.9. The normalized spacial score (nSPS) is 15.1. The van der Waals surface area contributed by atoms with Gasteiger partial charge in [-0.25, -0.2) is 0 Å². The zero-order valence-corrected chi connectivity index (χ0v) is 23.0. The summed E-state index contributed by atoms with van der Waals surface area (Å²) in [5.41, 5.74) is 5.80. The maximum absolute atomic E-state index is 6.07.